The number of halogens is 1. The smallest absolute Gasteiger partial charge is 0.312 e. The number of rotatable bonds is 2. The van der Waals surface area contributed by atoms with E-state index in [9.17, 15) is 0 Å². The van der Waals surface area contributed by atoms with Gasteiger partial charge in [0, 0.05) is 4.88 Å². The second-order valence-corrected chi connectivity index (χ2v) is 4.22. The highest BCUT2D eigenvalue weighted by Gasteiger charge is 2.05. The Morgan fingerprint density at radius 3 is 2.85 bits per heavy atom. The summed E-state index contributed by atoms with van der Waals surface area (Å²) >= 11 is 7.25. The van der Waals surface area contributed by atoms with Crippen molar-refractivity contribution in [2.75, 3.05) is 5.73 Å². The maximum atomic E-state index is 5.76. The third kappa shape index (κ3) is 1.99. The first-order valence-corrected chi connectivity index (χ1v) is 4.75. The molecule has 4 nitrogen and oxygen atoms in total. The van der Waals surface area contributed by atoms with Gasteiger partial charge in [0.15, 0.2) is 0 Å². The van der Waals surface area contributed by atoms with Crippen LogP contribution < -0.4 is 5.73 Å². The number of thiophene rings is 1. The molecule has 2 heterocycles. The van der Waals surface area contributed by atoms with Gasteiger partial charge in [0.1, 0.15) is 0 Å². The molecule has 2 aromatic rings. The van der Waals surface area contributed by atoms with E-state index in [-0.39, 0.29) is 6.01 Å². The number of nitrogens with zero attached hydrogens (tertiary/aromatic N) is 2. The minimum atomic E-state index is 0.0950. The molecule has 2 rings (SSSR count). The molecule has 0 aromatic carbocycles. The standard InChI is InChI=1S/C7H6ClN3OS/c8-5-2-1-4(13-5)3-6-10-11-7(9)12-6/h1-2H,3H2,(H2,9,11). The summed E-state index contributed by atoms with van der Waals surface area (Å²) in [4.78, 5) is 1.08. The van der Waals surface area contributed by atoms with Crippen LogP contribution in [0.25, 0.3) is 0 Å². The molecule has 13 heavy (non-hydrogen) atoms. The van der Waals surface area contributed by atoms with Crippen LogP contribution in [0.5, 0.6) is 0 Å². The lowest BCUT2D eigenvalue weighted by atomic mass is 10.3. The largest absolute Gasteiger partial charge is 0.408 e. The predicted octanol–water partition coefficient (Wildman–Crippen LogP) is 1.96. The fourth-order valence-corrected chi connectivity index (χ4v) is 2.01. The third-order valence-electron chi connectivity index (χ3n) is 1.44. The van der Waals surface area contributed by atoms with Gasteiger partial charge in [-0.1, -0.05) is 16.7 Å². The van der Waals surface area contributed by atoms with E-state index in [4.69, 9.17) is 21.8 Å². The lowest BCUT2D eigenvalue weighted by Gasteiger charge is -1.87. The van der Waals surface area contributed by atoms with Crippen LogP contribution in [-0.2, 0) is 6.42 Å². The summed E-state index contributed by atoms with van der Waals surface area (Å²) in [6.45, 7) is 0. The quantitative estimate of drug-likeness (QED) is 0.832. The molecule has 0 aliphatic heterocycles. The van der Waals surface area contributed by atoms with Crippen molar-refractivity contribution in [2.24, 2.45) is 0 Å². The summed E-state index contributed by atoms with van der Waals surface area (Å²) in [7, 11) is 0. The number of anilines is 1. The molecule has 0 saturated heterocycles. The fraction of sp³-hybridized carbons (Fsp3) is 0.143. The number of nitrogen functional groups attached to an aromatic ring is 1. The summed E-state index contributed by atoms with van der Waals surface area (Å²) in [5, 5.41) is 7.29. The number of nitrogens with two attached hydrogens (primary N) is 1. The van der Waals surface area contributed by atoms with Gasteiger partial charge in [-0.3, -0.25) is 0 Å². The van der Waals surface area contributed by atoms with E-state index < -0.39 is 0 Å². The molecule has 0 aliphatic rings. The van der Waals surface area contributed by atoms with Gasteiger partial charge in [0.25, 0.3) is 0 Å². The zero-order chi connectivity index (χ0) is 9.26. The van der Waals surface area contributed by atoms with Crippen molar-refractivity contribution >= 4 is 29.0 Å². The second kappa shape index (κ2) is 3.35. The highest BCUT2D eigenvalue weighted by molar-refractivity contribution is 7.16. The second-order valence-electron chi connectivity index (χ2n) is 2.42. The van der Waals surface area contributed by atoms with E-state index in [2.05, 4.69) is 10.2 Å². The van der Waals surface area contributed by atoms with E-state index in [0.717, 1.165) is 9.21 Å². The van der Waals surface area contributed by atoms with E-state index in [1.165, 1.54) is 11.3 Å². The lowest BCUT2D eigenvalue weighted by molar-refractivity contribution is 0.524. The minimum absolute atomic E-state index is 0.0950. The van der Waals surface area contributed by atoms with Crippen LogP contribution in [0.2, 0.25) is 4.34 Å². The third-order valence-corrected chi connectivity index (χ3v) is 2.67. The van der Waals surface area contributed by atoms with Crippen molar-refractivity contribution in [2.45, 2.75) is 6.42 Å². The summed E-state index contributed by atoms with van der Waals surface area (Å²) in [5.74, 6) is 0.510. The van der Waals surface area contributed by atoms with Crippen molar-refractivity contribution in [3.05, 3.63) is 27.2 Å². The first kappa shape index (κ1) is 8.52. The minimum Gasteiger partial charge on any atom is -0.408 e. The molecule has 0 spiro atoms. The summed E-state index contributed by atoms with van der Waals surface area (Å²) < 4.78 is 5.77. The zero-order valence-corrected chi connectivity index (χ0v) is 8.10. The number of aromatic nitrogens is 2. The Labute approximate surface area is 83.3 Å². The van der Waals surface area contributed by atoms with Crippen molar-refractivity contribution < 1.29 is 4.42 Å². The number of hydrogen-bond donors (Lipinski definition) is 1. The van der Waals surface area contributed by atoms with Crippen LogP contribution >= 0.6 is 22.9 Å². The molecular weight excluding hydrogens is 210 g/mol. The molecular formula is C7H6ClN3OS. The molecule has 0 atom stereocenters. The van der Waals surface area contributed by atoms with Crippen LogP contribution in [0.4, 0.5) is 6.01 Å². The van der Waals surface area contributed by atoms with E-state index >= 15 is 0 Å². The Hall–Kier alpha value is -1.07. The SMILES string of the molecule is Nc1nnc(Cc2ccc(Cl)s2)o1. The topological polar surface area (TPSA) is 64.9 Å². The predicted molar refractivity (Wildman–Crippen MR) is 50.8 cm³/mol. The highest BCUT2D eigenvalue weighted by Crippen LogP contribution is 2.23. The molecule has 0 aliphatic carbocycles. The van der Waals surface area contributed by atoms with E-state index in [1.54, 1.807) is 0 Å². The molecule has 6 heteroatoms. The Balaban J connectivity index is 2.14. The first-order chi connectivity index (χ1) is 6.24. The average molecular weight is 216 g/mol. The van der Waals surface area contributed by atoms with Crippen molar-refractivity contribution in [3.63, 3.8) is 0 Å². The maximum Gasteiger partial charge on any atom is 0.312 e. The zero-order valence-electron chi connectivity index (χ0n) is 6.53. The van der Waals surface area contributed by atoms with Crippen molar-refractivity contribution in [1.29, 1.82) is 0 Å². The molecule has 2 aromatic heterocycles. The normalized spacial score (nSPS) is 10.5. The van der Waals surface area contributed by atoms with Crippen molar-refractivity contribution in [1.82, 2.24) is 10.2 Å². The molecule has 0 radical (unpaired) electrons. The van der Waals surface area contributed by atoms with Crippen LogP contribution in [0, 0.1) is 0 Å². The summed E-state index contributed by atoms with van der Waals surface area (Å²) in [6, 6.07) is 3.85. The molecule has 0 bridgehead atoms. The Kier molecular flexibility index (Phi) is 2.20. The van der Waals surface area contributed by atoms with Gasteiger partial charge in [-0.2, -0.15) is 0 Å². The fourth-order valence-electron chi connectivity index (χ4n) is 0.934. The summed E-state index contributed by atoms with van der Waals surface area (Å²) in [6.07, 6.45) is 0.585. The van der Waals surface area contributed by atoms with Gasteiger partial charge >= 0.3 is 6.01 Å². The van der Waals surface area contributed by atoms with Crippen LogP contribution in [0.1, 0.15) is 10.8 Å². The Bertz CT molecular complexity index is 373. The van der Waals surface area contributed by atoms with Crippen LogP contribution in [0.3, 0.4) is 0 Å². The highest BCUT2D eigenvalue weighted by atomic mass is 35.5. The molecule has 0 amide bonds. The lowest BCUT2D eigenvalue weighted by Crippen LogP contribution is -1.83. The van der Waals surface area contributed by atoms with E-state index in [1.807, 2.05) is 12.1 Å². The average Bonchev–Trinajstić information content (AvgIpc) is 2.62. The van der Waals surface area contributed by atoms with Gasteiger partial charge in [-0.15, -0.1) is 16.4 Å². The Morgan fingerprint density at radius 2 is 2.31 bits per heavy atom. The molecule has 0 fully saturated rings. The first-order valence-electron chi connectivity index (χ1n) is 3.56. The molecule has 2 N–H and O–H groups in total. The van der Waals surface area contributed by atoms with Gasteiger partial charge in [0.05, 0.1) is 10.8 Å². The van der Waals surface area contributed by atoms with Gasteiger partial charge in [-0.05, 0) is 12.1 Å². The molecule has 0 saturated carbocycles. The van der Waals surface area contributed by atoms with Gasteiger partial charge in [0.2, 0.25) is 5.89 Å². The molecule has 68 valence electrons. The van der Waals surface area contributed by atoms with Crippen LogP contribution in [-0.4, -0.2) is 10.2 Å². The number of hydrogen-bond acceptors (Lipinski definition) is 5. The molecule has 0 unspecified atom stereocenters. The van der Waals surface area contributed by atoms with E-state index in [0.29, 0.717) is 12.3 Å². The van der Waals surface area contributed by atoms with Gasteiger partial charge in [-0.25, -0.2) is 0 Å². The maximum absolute atomic E-state index is 5.76. The monoisotopic (exact) mass is 215 g/mol. The van der Waals surface area contributed by atoms with Crippen LogP contribution in [0.15, 0.2) is 16.5 Å². The van der Waals surface area contributed by atoms with Crippen molar-refractivity contribution in [3.8, 4) is 0 Å². The summed E-state index contributed by atoms with van der Waals surface area (Å²) in [5.41, 5.74) is 5.27. The Morgan fingerprint density at radius 1 is 1.46 bits per heavy atom. The van der Waals surface area contributed by atoms with Gasteiger partial charge < -0.3 is 10.2 Å².